The summed E-state index contributed by atoms with van der Waals surface area (Å²) in [6.45, 7) is 3.98. The molecule has 0 aliphatic carbocycles. The van der Waals surface area contributed by atoms with Crippen LogP contribution in [0.15, 0.2) is 36.9 Å². The molecule has 3 rings (SSSR count). The zero-order valence-corrected chi connectivity index (χ0v) is 12.0. The minimum Gasteiger partial charge on any atom is -0.487 e. The Bertz CT molecular complexity index is 606. The number of hydrogen-bond acceptors (Lipinski definition) is 4. The molecule has 0 spiro atoms. The predicted octanol–water partition coefficient (Wildman–Crippen LogP) is 1.27. The van der Waals surface area contributed by atoms with E-state index in [1.807, 2.05) is 36.1 Å². The molecule has 0 saturated carbocycles. The van der Waals surface area contributed by atoms with Crippen LogP contribution in [0.5, 0.6) is 5.75 Å². The summed E-state index contributed by atoms with van der Waals surface area (Å²) < 4.78 is 7.65. The van der Waals surface area contributed by atoms with Crippen LogP contribution >= 0.6 is 0 Å². The van der Waals surface area contributed by atoms with Gasteiger partial charge in [-0.3, -0.25) is 4.79 Å². The van der Waals surface area contributed by atoms with E-state index < -0.39 is 0 Å². The van der Waals surface area contributed by atoms with Gasteiger partial charge in [-0.2, -0.15) is 0 Å². The molecular formula is C15H18N4O2. The lowest BCUT2D eigenvalue weighted by atomic mass is 10.1. The number of aromatic nitrogens is 3. The second kappa shape index (κ2) is 5.95. The van der Waals surface area contributed by atoms with E-state index in [0.29, 0.717) is 26.1 Å². The highest BCUT2D eigenvalue weighted by atomic mass is 16.5. The van der Waals surface area contributed by atoms with Crippen molar-refractivity contribution in [3.8, 4) is 5.75 Å². The quantitative estimate of drug-likeness (QED) is 0.830. The number of benzene rings is 1. The minimum atomic E-state index is 0.102. The van der Waals surface area contributed by atoms with Crippen molar-refractivity contribution in [2.24, 2.45) is 0 Å². The van der Waals surface area contributed by atoms with Gasteiger partial charge in [0.25, 0.3) is 0 Å². The van der Waals surface area contributed by atoms with Crippen molar-refractivity contribution < 1.29 is 9.53 Å². The van der Waals surface area contributed by atoms with Crippen LogP contribution in [0.25, 0.3) is 0 Å². The van der Waals surface area contributed by atoms with Crippen molar-refractivity contribution in [2.45, 2.75) is 26.0 Å². The zero-order valence-electron chi connectivity index (χ0n) is 12.0. The van der Waals surface area contributed by atoms with Gasteiger partial charge in [-0.15, -0.1) is 10.2 Å². The molecule has 1 saturated heterocycles. The molecule has 6 heteroatoms. The molecule has 0 radical (unpaired) electrons. The highest BCUT2D eigenvalue weighted by molar-refractivity contribution is 5.77. The number of carbonyl (C=O) groups is 1. The first-order valence-electron chi connectivity index (χ1n) is 7.04. The predicted molar refractivity (Wildman–Crippen MR) is 76.8 cm³/mol. The van der Waals surface area contributed by atoms with Crippen molar-refractivity contribution in [2.75, 3.05) is 13.1 Å². The maximum atomic E-state index is 12.0. The average Bonchev–Trinajstić information content (AvgIpc) is 2.93. The molecule has 6 nitrogen and oxygen atoms in total. The summed E-state index contributed by atoms with van der Waals surface area (Å²) >= 11 is 0. The van der Waals surface area contributed by atoms with Crippen LogP contribution in [-0.4, -0.2) is 44.8 Å². The fourth-order valence-electron chi connectivity index (χ4n) is 2.32. The molecule has 1 fully saturated rings. The SMILES string of the molecule is Cc1cccc(OC2CN(C(=O)CCn3cnnc3)C2)c1. The van der Waals surface area contributed by atoms with Crippen molar-refractivity contribution in [1.82, 2.24) is 19.7 Å². The first-order valence-corrected chi connectivity index (χ1v) is 7.04. The molecule has 2 aromatic rings. The van der Waals surface area contributed by atoms with E-state index in [-0.39, 0.29) is 12.0 Å². The van der Waals surface area contributed by atoms with E-state index in [4.69, 9.17) is 4.74 Å². The zero-order chi connectivity index (χ0) is 14.7. The maximum Gasteiger partial charge on any atom is 0.224 e. The molecule has 1 aromatic carbocycles. The van der Waals surface area contributed by atoms with Gasteiger partial charge in [-0.1, -0.05) is 12.1 Å². The number of rotatable bonds is 5. The van der Waals surface area contributed by atoms with Gasteiger partial charge in [0.1, 0.15) is 24.5 Å². The van der Waals surface area contributed by atoms with E-state index in [0.717, 1.165) is 5.75 Å². The van der Waals surface area contributed by atoms with E-state index in [1.54, 1.807) is 17.2 Å². The van der Waals surface area contributed by atoms with E-state index >= 15 is 0 Å². The van der Waals surface area contributed by atoms with Crippen molar-refractivity contribution in [3.63, 3.8) is 0 Å². The molecule has 110 valence electrons. The van der Waals surface area contributed by atoms with Crippen LogP contribution in [0, 0.1) is 6.92 Å². The molecule has 0 N–H and O–H groups in total. The Hall–Kier alpha value is -2.37. The largest absolute Gasteiger partial charge is 0.487 e. The van der Waals surface area contributed by atoms with Crippen LogP contribution in [0.2, 0.25) is 0 Å². The van der Waals surface area contributed by atoms with E-state index in [2.05, 4.69) is 10.2 Å². The fourth-order valence-corrected chi connectivity index (χ4v) is 2.32. The van der Waals surface area contributed by atoms with Crippen LogP contribution < -0.4 is 4.74 Å². The summed E-state index contributed by atoms with van der Waals surface area (Å²) in [5.41, 5.74) is 1.17. The number of hydrogen-bond donors (Lipinski definition) is 0. The lowest BCUT2D eigenvalue weighted by Crippen LogP contribution is -2.56. The Kier molecular flexibility index (Phi) is 3.85. The molecule has 0 unspecified atom stereocenters. The number of likely N-dealkylation sites (tertiary alicyclic amines) is 1. The third-order valence-corrected chi connectivity index (χ3v) is 3.54. The highest BCUT2D eigenvalue weighted by Crippen LogP contribution is 2.19. The summed E-state index contributed by atoms with van der Waals surface area (Å²) in [6.07, 6.45) is 3.81. The lowest BCUT2D eigenvalue weighted by Gasteiger charge is -2.39. The summed E-state index contributed by atoms with van der Waals surface area (Å²) in [5.74, 6) is 1.02. The van der Waals surface area contributed by atoms with Gasteiger partial charge >= 0.3 is 0 Å². The number of ether oxygens (including phenoxy) is 1. The van der Waals surface area contributed by atoms with Crippen molar-refractivity contribution >= 4 is 5.91 Å². The maximum absolute atomic E-state index is 12.0. The third-order valence-electron chi connectivity index (χ3n) is 3.54. The van der Waals surface area contributed by atoms with Gasteiger partial charge in [0.05, 0.1) is 13.1 Å². The molecule has 1 aliphatic rings. The Morgan fingerprint density at radius 3 is 2.81 bits per heavy atom. The third kappa shape index (κ3) is 3.39. The molecule has 1 aromatic heterocycles. The summed E-state index contributed by atoms with van der Waals surface area (Å²) in [4.78, 5) is 13.8. The highest BCUT2D eigenvalue weighted by Gasteiger charge is 2.31. The molecule has 21 heavy (non-hydrogen) atoms. The molecule has 0 bridgehead atoms. The summed E-state index contributed by atoms with van der Waals surface area (Å²) in [5, 5.41) is 7.43. The minimum absolute atomic E-state index is 0.102. The van der Waals surface area contributed by atoms with Gasteiger partial charge in [0, 0.05) is 13.0 Å². The number of aryl methyl sites for hydroxylation is 2. The Morgan fingerprint density at radius 1 is 1.33 bits per heavy atom. The molecule has 1 amide bonds. The molecular weight excluding hydrogens is 268 g/mol. The van der Waals surface area contributed by atoms with Crippen molar-refractivity contribution in [3.05, 3.63) is 42.5 Å². The average molecular weight is 286 g/mol. The standard InChI is InChI=1S/C15H18N4O2/c1-12-3-2-4-13(7-12)21-14-8-19(9-14)15(20)5-6-18-10-16-17-11-18/h2-4,7,10-11,14H,5-6,8-9H2,1H3. The van der Waals surface area contributed by atoms with Crippen molar-refractivity contribution in [1.29, 1.82) is 0 Å². The molecule has 2 heterocycles. The number of amides is 1. The van der Waals surface area contributed by atoms with Crippen LogP contribution in [0.4, 0.5) is 0 Å². The summed E-state index contributed by atoms with van der Waals surface area (Å²) in [7, 11) is 0. The van der Waals surface area contributed by atoms with E-state index in [9.17, 15) is 4.79 Å². The number of carbonyl (C=O) groups excluding carboxylic acids is 1. The van der Waals surface area contributed by atoms with Gasteiger partial charge in [-0.25, -0.2) is 0 Å². The number of nitrogens with zero attached hydrogens (tertiary/aromatic N) is 4. The fraction of sp³-hybridized carbons (Fsp3) is 0.400. The first kappa shape index (κ1) is 13.6. The van der Waals surface area contributed by atoms with Crippen LogP contribution in [-0.2, 0) is 11.3 Å². The second-order valence-electron chi connectivity index (χ2n) is 5.30. The van der Waals surface area contributed by atoms with Gasteiger partial charge < -0.3 is 14.2 Å². The topological polar surface area (TPSA) is 60.2 Å². The second-order valence-corrected chi connectivity index (χ2v) is 5.30. The lowest BCUT2D eigenvalue weighted by molar-refractivity contribution is -0.140. The van der Waals surface area contributed by atoms with Gasteiger partial charge in [0.15, 0.2) is 0 Å². The monoisotopic (exact) mass is 286 g/mol. The van der Waals surface area contributed by atoms with E-state index in [1.165, 1.54) is 5.56 Å². The Morgan fingerprint density at radius 2 is 2.10 bits per heavy atom. The normalized spacial score (nSPS) is 14.8. The molecule has 0 atom stereocenters. The Balaban J connectivity index is 1.42. The first-order chi connectivity index (χ1) is 10.2. The van der Waals surface area contributed by atoms with Gasteiger partial charge in [0.2, 0.25) is 5.91 Å². The summed E-state index contributed by atoms with van der Waals surface area (Å²) in [6, 6.07) is 7.97. The van der Waals surface area contributed by atoms with Crippen LogP contribution in [0.1, 0.15) is 12.0 Å². The Labute approximate surface area is 123 Å². The smallest absolute Gasteiger partial charge is 0.224 e. The molecule has 1 aliphatic heterocycles. The van der Waals surface area contributed by atoms with Crippen LogP contribution in [0.3, 0.4) is 0 Å². The van der Waals surface area contributed by atoms with Gasteiger partial charge in [-0.05, 0) is 24.6 Å².